The molecule has 2 rings (SSSR count). The number of amides is 1. The number of likely N-dealkylation sites (tertiary alicyclic amines) is 1. The van der Waals surface area contributed by atoms with Gasteiger partial charge in [-0.1, -0.05) is 0 Å². The maximum Gasteiger partial charge on any atom is 0.410 e. The number of hydrogen-bond acceptors (Lipinski definition) is 4. The van der Waals surface area contributed by atoms with Crippen molar-refractivity contribution < 1.29 is 17.9 Å². The molecule has 0 spiro atoms. The molecule has 116 valence electrons. The summed E-state index contributed by atoms with van der Waals surface area (Å²) in [5, 5.41) is 0. The van der Waals surface area contributed by atoms with Crippen molar-refractivity contribution in [2.24, 2.45) is 11.8 Å². The first-order chi connectivity index (χ1) is 9.06. The molecule has 20 heavy (non-hydrogen) atoms. The van der Waals surface area contributed by atoms with Crippen LogP contribution in [0.5, 0.6) is 0 Å². The maximum absolute atomic E-state index is 12.0. The summed E-state index contributed by atoms with van der Waals surface area (Å²) in [6, 6.07) is 0. The number of rotatable bonds is 1. The van der Waals surface area contributed by atoms with Crippen LogP contribution in [0, 0.1) is 11.8 Å². The van der Waals surface area contributed by atoms with Crippen molar-refractivity contribution in [3.63, 3.8) is 0 Å². The number of piperidine rings is 1. The molecule has 2 aliphatic heterocycles. The van der Waals surface area contributed by atoms with E-state index in [1.165, 1.54) is 4.31 Å². The molecule has 0 aliphatic carbocycles. The number of nitrogens with zero attached hydrogens (tertiary/aromatic N) is 2. The van der Waals surface area contributed by atoms with Crippen LogP contribution in [-0.2, 0) is 14.0 Å². The van der Waals surface area contributed by atoms with E-state index in [2.05, 4.69) is 0 Å². The van der Waals surface area contributed by atoms with Crippen molar-refractivity contribution in [3.05, 3.63) is 0 Å². The van der Waals surface area contributed by atoms with Crippen LogP contribution in [0.15, 0.2) is 0 Å². The van der Waals surface area contributed by atoms with E-state index in [-0.39, 0.29) is 17.9 Å². The summed E-state index contributed by atoms with van der Waals surface area (Å²) in [5.41, 5.74) is -0.519. The first-order valence-electron chi connectivity index (χ1n) is 6.74. The van der Waals surface area contributed by atoms with Crippen LogP contribution < -0.4 is 0 Å². The standard InChI is InChI=1S/C12H21ClN2O4S/c1-12(2,3)19-11(16)14-5-4-9-7-15(20(13,17)18)8-10(9)6-14/h9-10H,4-8H2,1-3H3/t9-,10+/m1/s1. The molecule has 0 aromatic rings. The Morgan fingerprint density at radius 3 is 2.35 bits per heavy atom. The topological polar surface area (TPSA) is 66.9 Å². The van der Waals surface area contributed by atoms with E-state index < -0.39 is 14.8 Å². The fraction of sp³-hybridized carbons (Fsp3) is 0.917. The van der Waals surface area contributed by atoms with Crippen LogP contribution in [0.4, 0.5) is 4.79 Å². The lowest BCUT2D eigenvalue weighted by Crippen LogP contribution is -2.45. The second-order valence-corrected chi connectivity index (χ2v) is 9.00. The van der Waals surface area contributed by atoms with Crippen LogP contribution in [0.2, 0.25) is 0 Å². The fourth-order valence-corrected chi connectivity index (χ4v) is 3.87. The Morgan fingerprint density at radius 1 is 1.20 bits per heavy atom. The van der Waals surface area contributed by atoms with E-state index in [0.717, 1.165) is 6.42 Å². The minimum atomic E-state index is -3.66. The number of carbonyl (C=O) groups excluding carboxylic acids is 1. The van der Waals surface area contributed by atoms with Crippen LogP contribution >= 0.6 is 10.7 Å². The zero-order chi connectivity index (χ0) is 15.1. The van der Waals surface area contributed by atoms with Gasteiger partial charge in [-0.2, -0.15) is 12.7 Å². The molecule has 1 amide bonds. The molecule has 0 N–H and O–H groups in total. The van der Waals surface area contributed by atoms with Gasteiger partial charge < -0.3 is 9.64 Å². The van der Waals surface area contributed by atoms with E-state index in [1.54, 1.807) is 4.90 Å². The lowest BCUT2D eigenvalue weighted by Gasteiger charge is -2.35. The Labute approximate surface area is 124 Å². The van der Waals surface area contributed by atoms with Crippen molar-refractivity contribution in [1.82, 2.24) is 9.21 Å². The smallest absolute Gasteiger partial charge is 0.410 e. The highest BCUT2D eigenvalue weighted by atomic mass is 35.7. The molecular weight excluding hydrogens is 304 g/mol. The third-order valence-electron chi connectivity index (χ3n) is 3.73. The molecular formula is C12H21ClN2O4S. The summed E-state index contributed by atoms with van der Waals surface area (Å²) < 4.78 is 29.4. The van der Waals surface area contributed by atoms with Gasteiger partial charge in [0.15, 0.2) is 0 Å². The van der Waals surface area contributed by atoms with Gasteiger partial charge in [0.2, 0.25) is 0 Å². The SMILES string of the molecule is CC(C)(C)OC(=O)N1CC[C@@H]2CN(S(=O)(=O)Cl)C[C@@H]2C1. The van der Waals surface area contributed by atoms with E-state index in [4.69, 9.17) is 15.4 Å². The van der Waals surface area contributed by atoms with Gasteiger partial charge in [-0.25, -0.2) is 4.79 Å². The molecule has 2 atom stereocenters. The molecule has 0 aromatic heterocycles. The first-order valence-corrected chi connectivity index (χ1v) is 9.00. The Morgan fingerprint density at radius 2 is 1.80 bits per heavy atom. The summed E-state index contributed by atoms with van der Waals surface area (Å²) in [7, 11) is 1.73. The van der Waals surface area contributed by atoms with E-state index in [0.29, 0.717) is 26.2 Å². The van der Waals surface area contributed by atoms with Gasteiger partial charge in [0.25, 0.3) is 9.24 Å². The Balaban J connectivity index is 1.96. The van der Waals surface area contributed by atoms with E-state index in [1.807, 2.05) is 20.8 Å². The van der Waals surface area contributed by atoms with Gasteiger partial charge in [-0.05, 0) is 39.0 Å². The molecule has 0 aromatic carbocycles. The van der Waals surface area contributed by atoms with Gasteiger partial charge in [0.05, 0.1) is 0 Å². The molecule has 2 aliphatic rings. The zero-order valence-electron chi connectivity index (χ0n) is 12.0. The highest BCUT2D eigenvalue weighted by Gasteiger charge is 2.42. The molecule has 0 saturated carbocycles. The van der Waals surface area contributed by atoms with Crippen molar-refractivity contribution in [3.8, 4) is 0 Å². The third-order valence-corrected chi connectivity index (χ3v) is 5.23. The molecule has 0 bridgehead atoms. The van der Waals surface area contributed by atoms with Gasteiger partial charge in [-0.15, -0.1) is 0 Å². The van der Waals surface area contributed by atoms with Gasteiger partial charge in [0.1, 0.15) is 5.60 Å². The highest BCUT2D eigenvalue weighted by molar-refractivity contribution is 8.11. The van der Waals surface area contributed by atoms with Gasteiger partial charge in [-0.3, -0.25) is 0 Å². The molecule has 6 nitrogen and oxygen atoms in total. The average Bonchev–Trinajstić information content (AvgIpc) is 2.68. The van der Waals surface area contributed by atoms with Crippen molar-refractivity contribution in [2.45, 2.75) is 32.8 Å². The monoisotopic (exact) mass is 324 g/mol. The molecule has 8 heteroatoms. The predicted molar refractivity (Wildman–Crippen MR) is 75.7 cm³/mol. The summed E-state index contributed by atoms with van der Waals surface area (Å²) in [5.74, 6) is 0.423. The molecule has 2 saturated heterocycles. The number of ether oxygens (including phenoxy) is 1. The second-order valence-electron chi connectivity index (χ2n) is 6.49. The van der Waals surface area contributed by atoms with Crippen LogP contribution in [0.1, 0.15) is 27.2 Å². The lowest BCUT2D eigenvalue weighted by atomic mass is 9.89. The van der Waals surface area contributed by atoms with Crippen LogP contribution in [-0.4, -0.2) is 55.5 Å². The number of hydrogen-bond donors (Lipinski definition) is 0. The lowest BCUT2D eigenvalue weighted by molar-refractivity contribution is 0.0139. The zero-order valence-corrected chi connectivity index (χ0v) is 13.6. The van der Waals surface area contributed by atoms with Gasteiger partial charge >= 0.3 is 6.09 Å². The summed E-state index contributed by atoms with van der Waals surface area (Å²) >= 11 is 0. The van der Waals surface area contributed by atoms with Crippen LogP contribution in [0.3, 0.4) is 0 Å². The normalized spacial score (nSPS) is 28.3. The molecule has 0 unspecified atom stereocenters. The van der Waals surface area contributed by atoms with Gasteiger partial charge in [0, 0.05) is 36.9 Å². The Hall–Kier alpha value is -0.530. The Bertz CT molecular complexity index is 488. The minimum absolute atomic E-state index is 0.143. The van der Waals surface area contributed by atoms with E-state index >= 15 is 0 Å². The van der Waals surface area contributed by atoms with E-state index in [9.17, 15) is 13.2 Å². The second kappa shape index (κ2) is 5.35. The van der Waals surface area contributed by atoms with Crippen molar-refractivity contribution >= 4 is 26.0 Å². The first kappa shape index (κ1) is 15.9. The van der Waals surface area contributed by atoms with Crippen LogP contribution in [0.25, 0.3) is 0 Å². The summed E-state index contributed by atoms with van der Waals surface area (Å²) in [6.45, 7) is 7.46. The minimum Gasteiger partial charge on any atom is -0.444 e. The summed E-state index contributed by atoms with van der Waals surface area (Å²) in [6.07, 6.45) is 0.454. The quantitative estimate of drug-likeness (QED) is 0.688. The Kier molecular flexibility index (Phi) is 4.24. The molecule has 0 radical (unpaired) electrons. The average molecular weight is 325 g/mol. The number of carbonyl (C=O) groups is 1. The largest absolute Gasteiger partial charge is 0.444 e. The molecule has 2 fully saturated rings. The number of halogens is 1. The molecule has 2 heterocycles. The fourth-order valence-electron chi connectivity index (χ4n) is 2.80. The third kappa shape index (κ3) is 3.77. The van der Waals surface area contributed by atoms with Crippen molar-refractivity contribution in [1.29, 1.82) is 0 Å². The maximum atomic E-state index is 12.0. The predicted octanol–water partition coefficient (Wildman–Crippen LogP) is 1.66. The van der Waals surface area contributed by atoms with Crippen molar-refractivity contribution in [2.75, 3.05) is 26.2 Å². The highest BCUT2D eigenvalue weighted by Crippen LogP contribution is 2.33. The summed E-state index contributed by atoms with van der Waals surface area (Å²) in [4.78, 5) is 13.7. The number of fused-ring (bicyclic) bond motifs is 1.